The minimum atomic E-state index is -3.35. The first-order valence-electron chi connectivity index (χ1n) is 10.7. The Morgan fingerprint density at radius 3 is 2.73 bits per heavy atom. The molecule has 0 saturated carbocycles. The van der Waals surface area contributed by atoms with Crippen molar-refractivity contribution in [2.75, 3.05) is 45.1 Å². The third-order valence-corrected chi connectivity index (χ3v) is 6.85. The summed E-state index contributed by atoms with van der Waals surface area (Å²) in [7, 11) is -3.35. The van der Waals surface area contributed by atoms with Crippen LogP contribution >= 0.6 is 24.0 Å². The molecule has 2 saturated heterocycles. The van der Waals surface area contributed by atoms with Crippen LogP contribution in [0.3, 0.4) is 0 Å². The van der Waals surface area contributed by atoms with Gasteiger partial charge in [0.1, 0.15) is 0 Å². The van der Waals surface area contributed by atoms with E-state index in [2.05, 4.69) is 44.2 Å². The van der Waals surface area contributed by atoms with Crippen molar-refractivity contribution in [3.63, 3.8) is 0 Å². The Morgan fingerprint density at radius 1 is 1.23 bits per heavy atom. The quantitative estimate of drug-likeness (QED) is 0.296. The second kappa shape index (κ2) is 12.8. The molecule has 2 aliphatic heterocycles. The van der Waals surface area contributed by atoms with E-state index in [1.165, 1.54) is 5.56 Å². The van der Waals surface area contributed by atoms with E-state index in [1.54, 1.807) is 0 Å². The van der Waals surface area contributed by atoms with E-state index in [9.17, 15) is 8.42 Å². The van der Waals surface area contributed by atoms with Gasteiger partial charge in [-0.1, -0.05) is 30.3 Å². The fourth-order valence-corrected chi connectivity index (χ4v) is 4.82. The Bertz CT molecular complexity index is 755. The second-order valence-corrected chi connectivity index (χ2v) is 9.66. The van der Waals surface area contributed by atoms with Crippen LogP contribution in [0.15, 0.2) is 35.3 Å². The van der Waals surface area contributed by atoms with Gasteiger partial charge in [0.25, 0.3) is 0 Å². The van der Waals surface area contributed by atoms with E-state index >= 15 is 0 Å². The summed E-state index contributed by atoms with van der Waals surface area (Å²) < 4.78 is 32.9. The number of nitrogens with one attached hydrogen (secondary N) is 2. The average molecular weight is 551 g/mol. The molecule has 2 heterocycles. The highest BCUT2D eigenvalue weighted by molar-refractivity contribution is 14.0. The Labute approximate surface area is 198 Å². The lowest BCUT2D eigenvalue weighted by Crippen LogP contribution is -2.41. The minimum Gasteiger partial charge on any atom is -0.377 e. The van der Waals surface area contributed by atoms with E-state index < -0.39 is 10.0 Å². The van der Waals surface area contributed by atoms with Gasteiger partial charge in [0, 0.05) is 38.7 Å². The maximum Gasteiger partial charge on any atom is 0.213 e. The predicted molar refractivity (Wildman–Crippen MR) is 132 cm³/mol. The molecule has 1 aromatic carbocycles. The van der Waals surface area contributed by atoms with Crippen LogP contribution in [0.4, 0.5) is 0 Å². The van der Waals surface area contributed by atoms with Crippen LogP contribution in [0.1, 0.15) is 44.1 Å². The number of hydrogen-bond acceptors (Lipinski definition) is 4. The molecule has 170 valence electrons. The van der Waals surface area contributed by atoms with Crippen molar-refractivity contribution in [2.24, 2.45) is 4.99 Å². The summed E-state index contributed by atoms with van der Waals surface area (Å²) in [4.78, 5) is 6.82. The fourth-order valence-electron chi connectivity index (χ4n) is 3.91. The molecule has 0 radical (unpaired) electrons. The monoisotopic (exact) mass is 550 g/mol. The SMILES string of the molecule is CCNC(=NCCS(=O)(=O)NCC1CCCCO1)N1CCC(c2ccccc2)C1.I. The highest BCUT2D eigenvalue weighted by Crippen LogP contribution is 2.26. The number of guanidine groups is 1. The number of benzene rings is 1. The summed E-state index contributed by atoms with van der Waals surface area (Å²) in [6, 6.07) is 10.5. The molecule has 0 aliphatic carbocycles. The summed E-state index contributed by atoms with van der Waals surface area (Å²) in [6.07, 6.45) is 4.16. The van der Waals surface area contributed by atoms with Crippen molar-refractivity contribution in [1.29, 1.82) is 0 Å². The topological polar surface area (TPSA) is 83.0 Å². The first-order valence-corrected chi connectivity index (χ1v) is 12.4. The maximum atomic E-state index is 12.3. The van der Waals surface area contributed by atoms with Gasteiger partial charge in [0.2, 0.25) is 10.0 Å². The van der Waals surface area contributed by atoms with Crippen LogP contribution < -0.4 is 10.0 Å². The molecule has 0 aromatic heterocycles. The molecule has 2 N–H and O–H groups in total. The number of rotatable bonds is 8. The Morgan fingerprint density at radius 2 is 2.03 bits per heavy atom. The highest BCUT2D eigenvalue weighted by Gasteiger charge is 2.26. The third kappa shape index (κ3) is 7.97. The van der Waals surface area contributed by atoms with Crippen molar-refractivity contribution in [3.8, 4) is 0 Å². The van der Waals surface area contributed by atoms with Crippen LogP contribution in [0.5, 0.6) is 0 Å². The largest absolute Gasteiger partial charge is 0.377 e. The molecule has 2 unspecified atom stereocenters. The molecular formula is C21H35IN4O3S. The van der Waals surface area contributed by atoms with Crippen molar-refractivity contribution in [3.05, 3.63) is 35.9 Å². The summed E-state index contributed by atoms with van der Waals surface area (Å²) >= 11 is 0. The standard InChI is InChI=1S/C21H34N4O3S.HI/c1-2-22-21(25-13-11-19(17-25)18-8-4-3-5-9-18)23-12-15-29(26,27)24-16-20-10-6-7-14-28-20;/h3-5,8-9,19-20,24H,2,6-7,10-17H2,1H3,(H,22,23);1H. The van der Waals surface area contributed by atoms with Gasteiger partial charge >= 0.3 is 0 Å². The zero-order valence-corrected chi connectivity index (χ0v) is 20.9. The van der Waals surface area contributed by atoms with Gasteiger partial charge in [0.15, 0.2) is 5.96 Å². The summed E-state index contributed by atoms with van der Waals surface area (Å²) in [5.74, 6) is 1.28. The first-order chi connectivity index (χ1) is 14.1. The number of halogens is 1. The molecule has 0 bridgehead atoms. The molecule has 2 atom stereocenters. The van der Waals surface area contributed by atoms with Crippen molar-refractivity contribution in [2.45, 2.75) is 44.6 Å². The third-order valence-electron chi connectivity index (χ3n) is 5.52. The lowest BCUT2D eigenvalue weighted by molar-refractivity contribution is 0.0200. The Balaban J connectivity index is 0.00000320. The van der Waals surface area contributed by atoms with Crippen LogP contribution in [0.2, 0.25) is 0 Å². The van der Waals surface area contributed by atoms with Crippen molar-refractivity contribution in [1.82, 2.24) is 14.9 Å². The molecule has 2 aliphatic rings. The first kappa shape index (κ1) is 25.4. The molecule has 9 heteroatoms. The predicted octanol–water partition coefficient (Wildman–Crippen LogP) is 2.55. The van der Waals surface area contributed by atoms with Gasteiger partial charge in [-0.2, -0.15) is 0 Å². The van der Waals surface area contributed by atoms with E-state index in [-0.39, 0.29) is 42.4 Å². The van der Waals surface area contributed by atoms with Gasteiger partial charge in [-0.15, -0.1) is 24.0 Å². The zero-order valence-electron chi connectivity index (χ0n) is 17.8. The van der Waals surface area contributed by atoms with Crippen LogP contribution in [-0.4, -0.2) is 70.5 Å². The number of hydrogen-bond donors (Lipinski definition) is 2. The molecule has 2 fully saturated rings. The zero-order chi connectivity index (χ0) is 20.5. The molecule has 0 amide bonds. The minimum absolute atomic E-state index is 0. The molecule has 30 heavy (non-hydrogen) atoms. The second-order valence-electron chi connectivity index (χ2n) is 7.73. The Hall–Kier alpha value is -0.910. The normalized spacial score (nSPS) is 22.6. The van der Waals surface area contributed by atoms with Crippen LogP contribution in [-0.2, 0) is 14.8 Å². The fraction of sp³-hybridized carbons (Fsp3) is 0.667. The molecule has 0 spiro atoms. The van der Waals surface area contributed by atoms with Gasteiger partial charge in [-0.3, -0.25) is 4.99 Å². The van der Waals surface area contributed by atoms with Crippen LogP contribution in [0, 0.1) is 0 Å². The molecule has 1 aromatic rings. The van der Waals surface area contributed by atoms with Crippen molar-refractivity contribution < 1.29 is 13.2 Å². The van der Waals surface area contributed by atoms with E-state index in [0.717, 1.165) is 57.9 Å². The summed E-state index contributed by atoms with van der Waals surface area (Å²) in [6.45, 7) is 5.95. The molecule has 7 nitrogen and oxygen atoms in total. The number of ether oxygens (including phenoxy) is 1. The Kier molecular flexibility index (Phi) is 10.8. The maximum absolute atomic E-state index is 12.3. The van der Waals surface area contributed by atoms with Crippen molar-refractivity contribution >= 4 is 40.0 Å². The van der Waals surface area contributed by atoms with Gasteiger partial charge in [0.05, 0.1) is 18.4 Å². The van der Waals surface area contributed by atoms with Crippen LogP contribution in [0.25, 0.3) is 0 Å². The number of aliphatic imine (C=N–C) groups is 1. The number of nitrogens with zero attached hydrogens (tertiary/aromatic N) is 2. The molecule has 3 rings (SSSR count). The lowest BCUT2D eigenvalue weighted by Gasteiger charge is -2.23. The molecular weight excluding hydrogens is 515 g/mol. The lowest BCUT2D eigenvalue weighted by atomic mass is 9.99. The van der Waals surface area contributed by atoms with E-state index in [1.807, 2.05) is 13.0 Å². The number of likely N-dealkylation sites (tertiary alicyclic amines) is 1. The van der Waals surface area contributed by atoms with E-state index in [0.29, 0.717) is 12.5 Å². The van der Waals surface area contributed by atoms with Gasteiger partial charge < -0.3 is 15.0 Å². The van der Waals surface area contributed by atoms with E-state index in [4.69, 9.17) is 4.74 Å². The summed E-state index contributed by atoms with van der Waals surface area (Å²) in [5, 5.41) is 3.31. The number of sulfonamides is 1. The smallest absolute Gasteiger partial charge is 0.213 e. The van der Waals surface area contributed by atoms with Gasteiger partial charge in [-0.05, 0) is 38.2 Å². The van der Waals surface area contributed by atoms with Gasteiger partial charge in [-0.25, -0.2) is 13.1 Å². The summed E-state index contributed by atoms with van der Waals surface area (Å²) in [5.41, 5.74) is 1.35. The average Bonchev–Trinajstić information content (AvgIpc) is 3.23. The highest BCUT2D eigenvalue weighted by atomic mass is 127.